The first-order chi connectivity index (χ1) is 8.97. The van der Waals surface area contributed by atoms with Crippen LogP contribution in [0.25, 0.3) is 0 Å². The van der Waals surface area contributed by atoms with Crippen LogP contribution in [0.2, 0.25) is 0 Å². The van der Waals surface area contributed by atoms with E-state index in [9.17, 15) is 0 Å². The molecule has 0 fully saturated rings. The predicted molar refractivity (Wildman–Crippen MR) is 73.9 cm³/mol. The van der Waals surface area contributed by atoms with E-state index in [1.165, 1.54) is 0 Å². The van der Waals surface area contributed by atoms with Gasteiger partial charge in [-0.25, -0.2) is 9.97 Å². The summed E-state index contributed by atoms with van der Waals surface area (Å²) in [6.45, 7) is 8.67. The fraction of sp³-hybridized carbons (Fsp3) is 0.538. The molecule has 0 bridgehead atoms. The first-order valence-electron chi connectivity index (χ1n) is 6.41. The fourth-order valence-corrected chi connectivity index (χ4v) is 2.01. The van der Waals surface area contributed by atoms with Crippen LogP contribution in [0.4, 0.5) is 5.82 Å². The van der Waals surface area contributed by atoms with Crippen LogP contribution < -0.4 is 5.32 Å². The molecular formula is C13H20N6. The zero-order chi connectivity index (χ0) is 14.0. The Morgan fingerprint density at radius 1 is 1.21 bits per heavy atom. The van der Waals surface area contributed by atoms with Crippen molar-refractivity contribution in [2.75, 3.05) is 5.32 Å². The van der Waals surface area contributed by atoms with Gasteiger partial charge in [-0.15, -0.1) is 10.2 Å². The molecule has 2 aromatic heterocycles. The molecule has 19 heavy (non-hydrogen) atoms. The van der Waals surface area contributed by atoms with Crippen LogP contribution in [0.1, 0.15) is 42.9 Å². The summed E-state index contributed by atoms with van der Waals surface area (Å²) in [5.74, 6) is 3.85. The van der Waals surface area contributed by atoms with Crippen molar-refractivity contribution in [2.45, 2.75) is 40.2 Å². The molecule has 0 atom stereocenters. The van der Waals surface area contributed by atoms with Gasteiger partial charge >= 0.3 is 0 Å². The maximum atomic E-state index is 4.34. The van der Waals surface area contributed by atoms with Crippen molar-refractivity contribution in [3.05, 3.63) is 29.2 Å². The van der Waals surface area contributed by atoms with E-state index < -0.39 is 0 Å². The van der Waals surface area contributed by atoms with Crippen molar-refractivity contribution in [3.63, 3.8) is 0 Å². The van der Waals surface area contributed by atoms with Crippen LogP contribution in [-0.4, -0.2) is 24.7 Å². The van der Waals surface area contributed by atoms with Gasteiger partial charge in [0.1, 0.15) is 17.5 Å². The SMILES string of the molecule is Cc1cc(NCc2nnc(C(C)C)n2C)nc(C)n1. The number of nitrogens with one attached hydrogen (secondary N) is 1. The standard InChI is InChI=1S/C13H20N6/c1-8(2)13-18-17-12(19(13)5)7-14-11-6-9(3)15-10(4)16-11/h6,8H,7H2,1-5H3,(H,14,15,16). The Balaban J connectivity index is 2.10. The van der Waals surface area contributed by atoms with Gasteiger partial charge in [0.15, 0.2) is 5.82 Å². The molecule has 0 spiro atoms. The Morgan fingerprint density at radius 2 is 1.95 bits per heavy atom. The molecule has 0 saturated carbocycles. The van der Waals surface area contributed by atoms with E-state index in [-0.39, 0.29) is 0 Å². The lowest BCUT2D eigenvalue weighted by molar-refractivity contribution is 0.692. The van der Waals surface area contributed by atoms with Gasteiger partial charge in [-0.2, -0.15) is 0 Å². The smallest absolute Gasteiger partial charge is 0.152 e. The van der Waals surface area contributed by atoms with Gasteiger partial charge in [-0.3, -0.25) is 0 Å². The maximum Gasteiger partial charge on any atom is 0.152 e. The van der Waals surface area contributed by atoms with Gasteiger partial charge in [0, 0.05) is 24.7 Å². The predicted octanol–water partition coefficient (Wildman–Crippen LogP) is 1.96. The average molecular weight is 260 g/mol. The van der Waals surface area contributed by atoms with Crippen LogP contribution in [0, 0.1) is 13.8 Å². The first kappa shape index (κ1) is 13.5. The summed E-state index contributed by atoms with van der Waals surface area (Å²) in [6, 6.07) is 1.92. The Kier molecular flexibility index (Phi) is 3.78. The Morgan fingerprint density at radius 3 is 2.53 bits per heavy atom. The molecule has 0 saturated heterocycles. The van der Waals surface area contributed by atoms with Crippen molar-refractivity contribution >= 4 is 5.82 Å². The minimum Gasteiger partial charge on any atom is -0.363 e. The van der Waals surface area contributed by atoms with Crippen LogP contribution in [0.5, 0.6) is 0 Å². The summed E-state index contributed by atoms with van der Waals surface area (Å²) in [4.78, 5) is 8.59. The molecular weight excluding hydrogens is 240 g/mol. The normalized spacial score (nSPS) is 11.1. The third-order valence-electron chi connectivity index (χ3n) is 2.91. The van der Waals surface area contributed by atoms with Crippen LogP contribution in [0.15, 0.2) is 6.07 Å². The summed E-state index contributed by atoms with van der Waals surface area (Å²) in [6.07, 6.45) is 0. The molecule has 1 N–H and O–H groups in total. The molecule has 2 aromatic rings. The largest absolute Gasteiger partial charge is 0.363 e. The molecule has 0 radical (unpaired) electrons. The highest BCUT2D eigenvalue weighted by atomic mass is 15.3. The lowest BCUT2D eigenvalue weighted by atomic mass is 10.2. The van der Waals surface area contributed by atoms with Crippen molar-refractivity contribution in [1.29, 1.82) is 0 Å². The van der Waals surface area contributed by atoms with Gasteiger partial charge in [0.2, 0.25) is 0 Å². The second kappa shape index (κ2) is 5.34. The molecule has 0 aliphatic carbocycles. The topological polar surface area (TPSA) is 68.5 Å². The van der Waals surface area contributed by atoms with E-state index in [0.29, 0.717) is 12.5 Å². The maximum absolute atomic E-state index is 4.34. The van der Waals surface area contributed by atoms with Crippen molar-refractivity contribution in [1.82, 2.24) is 24.7 Å². The Hall–Kier alpha value is -1.98. The van der Waals surface area contributed by atoms with Crippen LogP contribution in [-0.2, 0) is 13.6 Å². The summed E-state index contributed by atoms with van der Waals surface area (Å²) in [5, 5.41) is 11.7. The van der Waals surface area contributed by atoms with E-state index in [4.69, 9.17) is 0 Å². The summed E-state index contributed by atoms with van der Waals surface area (Å²) in [7, 11) is 1.99. The summed E-state index contributed by atoms with van der Waals surface area (Å²) >= 11 is 0. The molecule has 6 heteroatoms. The van der Waals surface area contributed by atoms with E-state index >= 15 is 0 Å². The van der Waals surface area contributed by atoms with Gasteiger partial charge in [0.05, 0.1) is 6.54 Å². The third kappa shape index (κ3) is 3.07. The quantitative estimate of drug-likeness (QED) is 0.910. The summed E-state index contributed by atoms with van der Waals surface area (Å²) < 4.78 is 2.03. The molecule has 2 heterocycles. The second-order valence-electron chi connectivity index (χ2n) is 4.98. The molecule has 0 aliphatic rings. The third-order valence-corrected chi connectivity index (χ3v) is 2.91. The van der Waals surface area contributed by atoms with Crippen LogP contribution >= 0.6 is 0 Å². The second-order valence-corrected chi connectivity index (χ2v) is 4.98. The number of hydrogen-bond acceptors (Lipinski definition) is 5. The number of rotatable bonds is 4. The van der Waals surface area contributed by atoms with E-state index in [1.807, 2.05) is 31.5 Å². The molecule has 0 amide bonds. The average Bonchev–Trinajstić information content (AvgIpc) is 2.67. The van der Waals surface area contributed by atoms with Gasteiger partial charge in [-0.05, 0) is 13.8 Å². The van der Waals surface area contributed by atoms with Crippen molar-refractivity contribution in [3.8, 4) is 0 Å². The number of anilines is 1. The molecule has 0 aliphatic heterocycles. The first-order valence-corrected chi connectivity index (χ1v) is 6.41. The number of aromatic nitrogens is 5. The van der Waals surface area contributed by atoms with E-state index in [0.717, 1.165) is 29.0 Å². The highest BCUT2D eigenvalue weighted by Gasteiger charge is 2.11. The Bertz CT molecular complexity index is 552. The minimum absolute atomic E-state index is 0.370. The van der Waals surface area contributed by atoms with Gasteiger partial charge in [0.25, 0.3) is 0 Å². The number of aryl methyl sites for hydroxylation is 2. The zero-order valence-corrected chi connectivity index (χ0v) is 12.1. The monoisotopic (exact) mass is 260 g/mol. The molecule has 0 aromatic carbocycles. The molecule has 0 unspecified atom stereocenters. The van der Waals surface area contributed by atoms with Crippen molar-refractivity contribution < 1.29 is 0 Å². The van der Waals surface area contributed by atoms with Crippen molar-refractivity contribution in [2.24, 2.45) is 7.05 Å². The number of hydrogen-bond donors (Lipinski definition) is 1. The Labute approximate surface area is 113 Å². The highest BCUT2D eigenvalue weighted by molar-refractivity contribution is 5.35. The molecule has 6 nitrogen and oxygen atoms in total. The van der Waals surface area contributed by atoms with Crippen LogP contribution in [0.3, 0.4) is 0 Å². The van der Waals surface area contributed by atoms with E-state index in [2.05, 4.69) is 39.3 Å². The molecule has 2 rings (SSSR count). The minimum atomic E-state index is 0.370. The van der Waals surface area contributed by atoms with Gasteiger partial charge in [-0.1, -0.05) is 13.8 Å². The fourth-order valence-electron chi connectivity index (χ4n) is 2.01. The lowest BCUT2D eigenvalue weighted by Gasteiger charge is -2.08. The lowest BCUT2D eigenvalue weighted by Crippen LogP contribution is -2.10. The molecule has 102 valence electrons. The zero-order valence-electron chi connectivity index (χ0n) is 12.1. The van der Waals surface area contributed by atoms with Gasteiger partial charge < -0.3 is 9.88 Å². The van der Waals surface area contributed by atoms with E-state index in [1.54, 1.807) is 0 Å². The summed E-state index contributed by atoms with van der Waals surface area (Å²) in [5.41, 5.74) is 0.954. The number of nitrogens with zero attached hydrogens (tertiary/aromatic N) is 5. The highest BCUT2D eigenvalue weighted by Crippen LogP contribution is 2.13.